The fourth-order valence-corrected chi connectivity index (χ4v) is 3.55. The molecule has 0 aromatic heterocycles. The first-order valence-electron chi connectivity index (χ1n) is 6.27. The summed E-state index contributed by atoms with van der Waals surface area (Å²) in [7, 11) is -1.82. The predicted octanol–water partition coefficient (Wildman–Crippen LogP) is 1.74. The van der Waals surface area contributed by atoms with Crippen molar-refractivity contribution < 1.29 is 8.42 Å². The minimum atomic E-state index is -3.45. The molecule has 1 aliphatic carbocycles. The smallest absolute Gasteiger partial charge is 0.242 e. The third-order valence-corrected chi connectivity index (χ3v) is 5.62. The Morgan fingerprint density at radius 2 is 2.16 bits per heavy atom. The molecule has 6 heteroatoms. The Labute approximate surface area is 119 Å². The van der Waals surface area contributed by atoms with Gasteiger partial charge in [0.2, 0.25) is 10.0 Å². The highest BCUT2D eigenvalue weighted by atomic mass is 32.2. The molecule has 0 aliphatic heterocycles. The monoisotopic (exact) mass is 298 g/mol. The van der Waals surface area contributed by atoms with Gasteiger partial charge >= 0.3 is 0 Å². The molecule has 1 aromatic carbocycles. The summed E-state index contributed by atoms with van der Waals surface area (Å²) >= 11 is 4.88. The van der Waals surface area contributed by atoms with Gasteiger partial charge in [-0.05, 0) is 30.9 Å². The Hall–Kier alpha value is -0.980. The van der Waals surface area contributed by atoms with E-state index in [-0.39, 0.29) is 9.88 Å². The van der Waals surface area contributed by atoms with Crippen LogP contribution in [0.15, 0.2) is 29.2 Å². The molecule has 0 atom stereocenters. The van der Waals surface area contributed by atoms with E-state index in [4.69, 9.17) is 18.0 Å². The topological polar surface area (TPSA) is 63.4 Å². The van der Waals surface area contributed by atoms with Crippen LogP contribution < -0.4 is 5.73 Å². The molecule has 1 aromatic rings. The van der Waals surface area contributed by atoms with Crippen molar-refractivity contribution in [2.45, 2.75) is 24.2 Å². The van der Waals surface area contributed by atoms with E-state index in [9.17, 15) is 8.42 Å². The van der Waals surface area contributed by atoms with Crippen molar-refractivity contribution in [3.63, 3.8) is 0 Å². The van der Waals surface area contributed by atoms with E-state index >= 15 is 0 Å². The Kier molecular flexibility index (Phi) is 4.23. The summed E-state index contributed by atoms with van der Waals surface area (Å²) in [5.41, 5.74) is 6.11. The minimum absolute atomic E-state index is 0.207. The summed E-state index contributed by atoms with van der Waals surface area (Å²) in [4.78, 5) is 0.457. The fraction of sp³-hybridized carbons (Fsp3) is 0.462. The molecule has 0 radical (unpaired) electrons. The van der Waals surface area contributed by atoms with Crippen LogP contribution in [0.2, 0.25) is 0 Å². The van der Waals surface area contributed by atoms with Crippen molar-refractivity contribution in [2.75, 3.05) is 13.6 Å². The summed E-state index contributed by atoms with van der Waals surface area (Å²) in [6.45, 7) is 0.583. The van der Waals surface area contributed by atoms with E-state index in [1.165, 1.54) is 16.8 Å². The zero-order valence-corrected chi connectivity index (χ0v) is 12.5. The quantitative estimate of drug-likeness (QED) is 0.841. The number of hydrogen-bond acceptors (Lipinski definition) is 3. The highest BCUT2D eigenvalue weighted by Crippen LogP contribution is 2.28. The van der Waals surface area contributed by atoms with Gasteiger partial charge in [0.25, 0.3) is 0 Å². The van der Waals surface area contributed by atoms with E-state index in [2.05, 4.69) is 0 Å². The van der Waals surface area contributed by atoms with Crippen molar-refractivity contribution in [1.29, 1.82) is 0 Å². The van der Waals surface area contributed by atoms with E-state index in [0.29, 0.717) is 18.0 Å². The van der Waals surface area contributed by atoms with Crippen LogP contribution in [-0.2, 0) is 10.0 Å². The van der Waals surface area contributed by atoms with E-state index in [0.717, 1.165) is 12.8 Å². The lowest BCUT2D eigenvalue weighted by Gasteiger charge is -2.29. The van der Waals surface area contributed by atoms with Gasteiger partial charge in [-0.1, -0.05) is 30.8 Å². The van der Waals surface area contributed by atoms with Crippen molar-refractivity contribution >= 4 is 27.2 Å². The van der Waals surface area contributed by atoms with Crippen LogP contribution in [0.4, 0.5) is 0 Å². The fourth-order valence-electron chi connectivity index (χ4n) is 2.13. The zero-order chi connectivity index (χ0) is 14.0. The van der Waals surface area contributed by atoms with Crippen LogP contribution in [-0.4, -0.2) is 31.3 Å². The number of thiocarbonyl (C=S) groups is 1. The Morgan fingerprint density at radius 3 is 2.68 bits per heavy atom. The molecule has 4 nitrogen and oxygen atoms in total. The van der Waals surface area contributed by atoms with Crippen LogP contribution in [0.1, 0.15) is 24.8 Å². The van der Waals surface area contributed by atoms with Crippen molar-refractivity contribution in [1.82, 2.24) is 4.31 Å². The van der Waals surface area contributed by atoms with Crippen LogP contribution in [0, 0.1) is 5.92 Å². The second-order valence-electron chi connectivity index (χ2n) is 4.97. The molecular formula is C13H18N2O2S2. The summed E-state index contributed by atoms with van der Waals surface area (Å²) in [6.07, 6.45) is 3.44. The SMILES string of the molecule is CN(CC1CCC1)S(=O)(=O)c1cccc(C(N)=S)c1. The van der Waals surface area contributed by atoms with Crippen molar-refractivity contribution in [3.8, 4) is 0 Å². The van der Waals surface area contributed by atoms with Gasteiger partial charge in [0.05, 0.1) is 4.90 Å². The molecule has 2 N–H and O–H groups in total. The Morgan fingerprint density at radius 1 is 1.47 bits per heavy atom. The molecule has 0 spiro atoms. The number of sulfonamides is 1. The molecule has 104 valence electrons. The second kappa shape index (κ2) is 5.56. The summed E-state index contributed by atoms with van der Waals surface area (Å²) in [5.74, 6) is 0.499. The van der Waals surface area contributed by atoms with Gasteiger partial charge in [-0.25, -0.2) is 12.7 Å². The molecule has 19 heavy (non-hydrogen) atoms. The lowest BCUT2D eigenvalue weighted by atomic mass is 9.86. The molecule has 0 saturated heterocycles. The summed E-state index contributed by atoms with van der Waals surface area (Å²) < 4.78 is 26.3. The number of nitrogens with zero attached hydrogens (tertiary/aromatic N) is 1. The van der Waals surface area contributed by atoms with Gasteiger partial charge in [0.1, 0.15) is 4.99 Å². The molecule has 2 rings (SSSR count). The Bertz CT molecular complexity index is 580. The second-order valence-corrected chi connectivity index (χ2v) is 7.46. The first-order valence-corrected chi connectivity index (χ1v) is 8.12. The maximum atomic E-state index is 12.4. The van der Waals surface area contributed by atoms with E-state index in [1.807, 2.05) is 0 Å². The van der Waals surface area contributed by atoms with Gasteiger partial charge in [-0.3, -0.25) is 0 Å². The molecular weight excluding hydrogens is 280 g/mol. The van der Waals surface area contributed by atoms with Gasteiger partial charge in [0.15, 0.2) is 0 Å². The lowest BCUT2D eigenvalue weighted by Crippen LogP contribution is -2.34. The normalized spacial score (nSPS) is 16.3. The number of nitrogens with two attached hydrogens (primary N) is 1. The van der Waals surface area contributed by atoms with Gasteiger partial charge in [0, 0.05) is 19.2 Å². The molecule has 0 heterocycles. The number of hydrogen-bond donors (Lipinski definition) is 1. The third kappa shape index (κ3) is 3.13. The van der Waals surface area contributed by atoms with Crippen LogP contribution in [0.25, 0.3) is 0 Å². The highest BCUT2D eigenvalue weighted by Gasteiger charge is 2.26. The largest absolute Gasteiger partial charge is 0.389 e. The van der Waals surface area contributed by atoms with Crippen molar-refractivity contribution in [3.05, 3.63) is 29.8 Å². The standard InChI is InChI=1S/C13H18N2O2S2/c1-15(9-10-4-2-5-10)19(16,17)12-7-3-6-11(8-12)13(14)18/h3,6-8,10H,2,4-5,9H2,1H3,(H2,14,18). The Balaban J connectivity index is 2.22. The molecule has 0 unspecified atom stereocenters. The third-order valence-electron chi connectivity index (χ3n) is 3.57. The first-order chi connectivity index (χ1) is 8.91. The summed E-state index contributed by atoms with van der Waals surface area (Å²) in [5, 5.41) is 0. The van der Waals surface area contributed by atoms with Gasteiger partial charge < -0.3 is 5.73 Å². The molecule has 0 bridgehead atoms. The average molecular weight is 298 g/mol. The van der Waals surface area contributed by atoms with E-state index in [1.54, 1.807) is 25.2 Å². The van der Waals surface area contributed by atoms with Gasteiger partial charge in [-0.2, -0.15) is 0 Å². The van der Waals surface area contributed by atoms with E-state index < -0.39 is 10.0 Å². The number of benzene rings is 1. The van der Waals surface area contributed by atoms with Crippen molar-refractivity contribution in [2.24, 2.45) is 11.7 Å². The number of rotatable bonds is 5. The molecule has 1 saturated carbocycles. The summed E-state index contributed by atoms with van der Waals surface area (Å²) in [6, 6.07) is 6.50. The van der Waals surface area contributed by atoms with Crippen LogP contribution >= 0.6 is 12.2 Å². The van der Waals surface area contributed by atoms with Crippen LogP contribution in [0.5, 0.6) is 0 Å². The van der Waals surface area contributed by atoms with Crippen LogP contribution in [0.3, 0.4) is 0 Å². The molecule has 1 fully saturated rings. The molecule has 1 aliphatic rings. The minimum Gasteiger partial charge on any atom is -0.389 e. The zero-order valence-electron chi connectivity index (χ0n) is 10.9. The lowest BCUT2D eigenvalue weighted by molar-refractivity contribution is 0.263. The highest BCUT2D eigenvalue weighted by molar-refractivity contribution is 7.89. The van der Waals surface area contributed by atoms with Gasteiger partial charge in [-0.15, -0.1) is 0 Å². The maximum Gasteiger partial charge on any atom is 0.242 e. The first kappa shape index (κ1) is 14.4. The molecule has 0 amide bonds. The average Bonchev–Trinajstić information content (AvgIpc) is 2.33. The predicted molar refractivity (Wildman–Crippen MR) is 79.5 cm³/mol. The maximum absolute atomic E-state index is 12.4.